The van der Waals surface area contributed by atoms with E-state index < -0.39 is 21.4 Å². The van der Waals surface area contributed by atoms with E-state index in [9.17, 15) is 12.8 Å². The van der Waals surface area contributed by atoms with Crippen molar-refractivity contribution in [2.24, 2.45) is 5.92 Å². The Labute approximate surface area is 150 Å². The summed E-state index contributed by atoms with van der Waals surface area (Å²) in [6, 6.07) is 3.70. The molecule has 1 aromatic carbocycles. The van der Waals surface area contributed by atoms with Crippen molar-refractivity contribution >= 4 is 10.0 Å². The summed E-state index contributed by atoms with van der Waals surface area (Å²) in [7, 11) is -1.84. The van der Waals surface area contributed by atoms with Crippen molar-refractivity contribution in [3.05, 3.63) is 24.0 Å². The van der Waals surface area contributed by atoms with Crippen molar-refractivity contribution < 1.29 is 17.5 Å². The Morgan fingerprint density at radius 2 is 2.00 bits per heavy atom. The van der Waals surface area contributed by atoms with Gasteiger partial charge in [-0.15, -0.1) is 0 Å². The molecule has 2 rings (SSSR count). The molecule has 1 fully saturated rings. The number of unbranched alkanes of at least 4 members (excludes halogenated alkanes) is 1. The molecule has 0 radical (unpaired) electrons. The van der Waals surface area contributed by atoms with Crippen molar-refractivity contribution in [1.29, 1.82) is 0 Å². The second-order valence-corrected chi connectivity index (χ2v) is 9.08. The fourth-order valence-electron chi connectivity index (χ4n) is 2.60. The lowest BCUT2D eigenvalue weighted by Crippen LogP contribution is -2.43. The molecule has 1 saturated carbocycles. The Morgan fingerprint density at radius 3 is 2.64 bits per heavy atom. The maximum Gasteiger partial charge on any atom is 0.241 e. The number of hydrogen-bond donors (Lipinski definition) is 2. The van der Waals surface area contributed by atoms with E-state index >= 15 is 0 Å². The van der Waals surface area contributed by atoms with Gasteiger partial charge in [0, 0.05) is 11.6 Å². The van der Waals surface area contributed by atoms with Crippen molar-refractivity contribution in [1.82, 2.24) is 10.0 Å². The van der Waals surface area contributed by atoms with Gasteiger partial charge >= 0.3 is 0 Å². The molecule has 1 aliphatic carbocycles. The van der Waals surface area contributed by atoms with Crippen molar-refractivity contribution in [2.75, 3.05) is 20.2 Å². The molecular weight excluding hydrogens is 343 g/mol. The molecule has 0 aliphatic heterocycles. The predicted octanol–water partition coefficient (Wildman–Crippen LogP) is 3.06. The van der Waals surface area contributed by atoms with Gasteiger partial charge in [-0.2, -0.15) is 0 Å². The van der Waals surface area contributed by atoms with E-state index in [1.807, 2.05) is 20.9 Å². The number of hydrogen-bond acceptors (Lipinski definition) is 4. The second-order valence-electron chi connectivity index (χ2n) is 7.40. The van der Waals surface area contributed by atoms with Crippen LogP contribution in [0, 0.1) is 11.7 Å². The number of nitrogens with one attached hydrogen (secondary N) is 2. The van der Waals surface area contributed by atoms with E-state index in [0.717, 1.165) is 44.7 Å². The summed E-state index contributed by atoms with van der Waals surface area (Å²) in [5.41, 5.74) is -0.573. The topological polar surface area (TPSA) is 67.4 Å². The molecule has 0 saturated heterocycles. The van der Waals surface area contributed by atoms with Gasteiger partial charge in [0.25, 0.3) is 0 Å². The van der Waals surface area contributed by atoms with Crippen LogP contribution >= 0.6 is 0 Å². The van der Waals surface area contributed by atoms with E-state index in [-0.39, 0.29) is 10.6 Å². The minimum absolute atomic E-state index is 0.00148. The Morgan fingerprint density at radius 1 is 1.28 bits per heavy atom. The van der Waals surface area contributed by atoms with Crippen molar-refractivity contribution in [3.63, 3.8) is 0 Å². The molecule has 0 unspecified atom stereocenters. The monoisotopic (exact) mass is 372 g/mol. The zero-order valence-corrected chi connectivity index (χ0v) is 16.1. The highest BCUT2D eigenvalue weighted by Gasteiger charge is 2.27. The standard InChI is InChI=1S/C18H29FN2O3S/c1-18(2,10-4-5-11-20-3)21-25(22,23)15-8-9-16(19)17(12-15)24-13-14-6-7-14/h8-9,12,14,20-21H,4-7,10-11,13H2,1-3H3. The van der Waals surface area contributed by atoms with Crippen LogP contribution in [0.4, 0.5) is 4.39 Å². The molecule has 25 heavy (non-hydrogen) atoms. The van der Waals surface area contributed by atoms with Crippen LogP contribution in [0.3, 0.4) is 0 Å². The summed E-state index contributed by atoms with van der Waals surface area (Å²) in [4.78, 5) is 0.0306. The van der Waals surface area contributed by atoms with Crippen LogP contribution in [0.2, 0.25) is 0 Å². The molecule has 1 aromatic rings. The molecule has 1 aliphatic rings. The number of sulfonamides is 1. The lowest BCUT2D eigenvalue weighted by Gasteiger charge is -2.26. The molecule has 0 heterocycles. The number of rotatable bonds is 11. The van der Waals surface area contributed by atoms with Gasteiger partial charge < -0.3 is 10.1 Å². The second kappa shape index (κ2) is 8.47. The Balaban J connectivity index is 2.03. The fraction of sp³-hybridized carbons (Fsp3) is 0.667. The first-order chi connectivity index (χ1) is 11.7. The Hall–Kier alpha value is -1.18. The quantitative estimate of drug-likeness (QED) is 0.586. The first-order valence-electron chi connectivity index (χ1n) is 8.84. The van der Waals surface area contributed by atoms with Gasteiger partial charge in [0.15, 0.2) is 11.6 Å². The van der Waals surface area contributed by atoms with Crippen LogP contribution < -0.4 is 14.8 Å². The summed E-state index contributed by atoms with van der Waals surface area (Å²) < 4.78 is 47.3. The maximum absolute atomic E-state index is 13.9. The van der Waals surface area contributed by atoms with Crippen molar-refractivity contribution in [3.8, 4) is 5.75 Å². The van der Waals surface area contributed by atoms with Gasteiger partial charge in [-0.3, -0.25) is 0 Å². The fourth-order valence-corrected chi connectivity index (χ4v) is 4.05. The third kappa shape index (κ3) is 6.56. The van der Waals surface area contributed by atoms with Gasteiger partial charge in [0.05, 0.1) is 11.5 Å². The summed E-state index contributed by atoms with van der Waals surface area (Å²) in [6.07, 6.45) is 4.79. The number of halogens is 1. The van der Waals surface area contributed by atoms with Crippen LogP contribution in [0.1, 0.15) is 46.0 Å². The molecule has 0 bridgehead atoms. The molecule has 0 atom stereocenters. The zero-order chi connectivity index (χ0) is 18.5. The number of ether oxygens (including phenoxy) is 1. The average Bonchev–Trinajstić information content (AvgIpc) is 3.34. The van der Waals surface area contributed by atoms with E-state index in [1.54, 1.807) is 0 Å². The van der Waals surface area contributed by atoms with Crippen LogP contribution in [0.25, 0.3) is 0 Å². The van der Waals surface area contributed by atoms with Crippen LogP contribution in [-0.2, 0) is 10.0 Å². The van der Waals surface area contributed by atoms with Crippen molar-refractivity contribution in [2.45, 2.75) is 56.4 Å². The summed E-state index contributed by atoms with van der Waals surface area (Å²) in [5, 5.41) is 3.08. The maximum atomic E-state index is 13.9. The third-order valence-electron chi connectivity index (χ3n) is 4.27. The normalized spacial score (nSPS) is 15.4. The Bertz CT molecular complexity index is 673. The highest BCUT2D eigenvalue weighted by atomic mass is 32.2. The summed E-state index contributed by atoms with van der Waals surface area (Å²) in [5.74, 6) is -0.0677. The Kier molecular flexibility index (Phi) is 6.82. The van der Waals surface area contributed by atoms with Gasteiger partial charge in [-0.25, -0.2) is 17.5 Å². The highest BCUT2D eigenvalue weighted by molar-refractivity contribution is 7.89. The molecule has 7 heteroatoms. The largest absolute Gasteiger partial charge is 0.490 e. The molecule has 142 valence electrons. The SMILES string of the molecule is CNCCCCC(C)(C)NS(=O)(=O)c1ccc(F)c(OCC2CC2)c1. The van der Waals surface area contributed by atoms with E-state index in [1.165, 1.54) is 12.1 Å². The number of benzene rings is 1. The minimum atomic E-state index is -3.74. The van der Waals surface area contributed by atoms with Crippen LogP contribution in [0.5, 0.6) is 5.75 Å². The summed E-state index contributed by atoms with van der Waals surface area (Å²) in [6.45, 7) is 5.06. The van der Waals surface area contributed by atoms with E-state index in [0.29, 0.717) is 12.5 Å². The summed E-state index contributed by atoms with van der Waals surface area (Å²) >= 11 is 0. The molecular formula is C18H29FN2O3S. The smallest absolute Gasteiger partial charge is 0.241 e. The predicted molar refractivity (Wildman–Crippen MR) is 96.8 cm³/mol. The highest BCUT2D eigenvalue weighted by Crippen LogP contribution is 2.31. The molecule has 0 aromatic heterocycles. The lowest BCUT2D eigenvalue weighted by molar-refractivity contribution is 0.284. The molecule has 0 amide bonds. The molecule has 5 nitrogen and oxygen atoms in total. The van der Waals surface area contributed by atoms with Gasteiger partial charge in [0.2, 0.25) is 10.0 Å². The first kappa shape index (κ1) is 20.1. The lowest BCUT2D eigenvalue weighted by atomic mass is 9.99. The van der Waals surface area contributed by atoms with E-state index in [4.69, 9.17) is 4.74 Å². The molecule has 2 N–H and O–H groups in total. The zero-order valence-electron chi connectivity index (χ0n) is 15.3. The first-order valence-corrected chi connectivity index (χ1v) is 10.3. The third-order valence-corrected chi connectivity index (χ3v) is 5.97. The van der Waals surface area contributed by atoms with Crippen LogP contribution in [0.15, 0.2) is 23.1 Å². The average molecular weight is 373 g/mol. The minimum Gasteiger partial charge on any atom is -0.490 e. The van der Waals surface area contributed by atoms with Crippen LogP contribution in [-0.4, -0.2) is 34.2 Å². The van der Waals surface area contributed by atoms with Gasteiger partial charge in [-0.1, -0.05) is 6.42 Å². The van der Waals surface area contributed by atoms with E-state index in [2.05, 4.69) is 10.0 Å². The molecule has 0 spiro atoms. The van der Waals surface area contributed by atoms with Gasteiger partial charge in [0.1, 0.15) is 0 Å². The van der Waals surface area contributed by atoms with Gasteiger partial charge in [-0.05, 0) is 71.2 Å².